The van der Waals surface area contributed by atoms with Crippen LogP contribution in [0.3, 0.4) is 0 Å². The highest BCUT2D eigenvalue weighted by atomic mass is 19.3. The molecule has 0 aliphatic carbocycles. The number of hydrogen-bond donors (Lipinski definition) is 2. The van der Waals surface area contributed by atoms with Gasteiger partial charge in [-0.1, -0.05) is 43.0 Å². The number of aryl methyl sites for hydroxylation is 2. The highest BCUT2D eigenvalue weighted by Crippen LogP contribution is 2.49. The molecule has 31 heavy (non-hydrogen) atoms. The lowest BCUT2D eigenvalue weighted by Crippen LogP contribution is -2.43. The molecule has 2 aromatic rings. The van der Waals surface area contributed by atoms with Crippen LogP contribution < -0.4 is 11.1 Å². The minimum atomic E-state index is -2.55. The van der Waals surface area contributed by atoms with E-state index in [4.69, 9.17) is 5.73 Å². The third-order valence-corrected chi connectivity index (χ3v) is 6.90. The number of anilines is 1. The van der Waals surface area contributed by atoms with Gasteiger partial charge < -0.3 is 16.0 Å². The summed E-state index contributed by atoms with van der Waals surface area (Å²) in [7, 11) is 0. The van der Waals surface area contributed by atoms with Gasteiger partial charge in [0.25, 0.3) is 6.43 Å². The van der Waals surface area contributed by atoms with Crippen molar-refractivity contribution in [2.24, 2.45) is 5.73 Å². The second kappa shape index (κ2) is 8.46. The van der Waals surface area contributed by atoms with Crippen molar-refractivity contribution in [3.63, 3.8) is 0 Å². The number of alkyl halides is 2. The van der Waals surface area contributed by atoms with Gasteiger partial charge in [0.15, 0.2) is 0 Å². The SMILES string of the molecule is C=C(N)c1ccc(CCCN2CCC3(CC2)C(=C)Nc2ccc(C)cc23)cc1C(F)F. The number of benzene rings is 2. The summed E-state index contributed by atoms with van der Waals surface area (Å²) >= 11 is 0. The molecular weight excluding hydrogens is 392 g/mol. The standard InChI is InChI=1S/C26H31F2N3/c1-17-6-9-24-23(15-17)26(19(3)30-24)10-13-31(14-11-26)12-4-5-20-7-8-21(18(2)29)22(16-20)25(27)28/h6-9,15-16,25,30H,2-5,10-14,29H2,1H3. The van der Waals surface area contributed by atoms with Crippen molar-refractivity contribution in [2.45, 2.75) is 44.4 Å². The molecular formula is C26H31F2N3. The normalized spacial score (nSPS) is 17.7. The Morgan fingerprint density at radius 3 is 2.61 bits per heavy atom. The number of piperidine rings is 1. The van der Waals surface area contributed by atoms with Crippen LogP contribution in [0.5, 0.6) is 0 Å². The Hall–Kier alpha value is -2.66. The zero-order chi connectivity index (χ0) is 22.2. The number of nitrogens with zero attached hydrogens (tertiary/aromatic N) is 1. The molecule has 0 aromatic heterocycles. The summed E-state index contributed by atoms with van der Waals surface area (Å²) in [6.07, 6.45) is 1.27. The number of nitrogens with two attached hydrogens (primary N) is 1. The highest BCUT2D eigenvalue weighted by Gasteiger charge is 2.44. The van der Waals surface area contributed by atoms with Crippen molar-refractivity contribution in [3.8, 4) is 0 Å². The fourth-order valence-electron chi connectivity index (χ4n) is 5.08. The van der Waals surface area contributed by atoms with Gasteiger partial charge in [-0.2, -0.15) is 0 Å². The molecule has 1 fully saturated rings. The molecule has 2 aliphatic heterocycles. The van der Waals surface area contributed by atoms with Crippen molar-refractivity contribution in [1.82, 2.24) is 4.90 Å². The second-order valence-corrected chi connectivity index (χ2v) is 8.93. The molecule has 2 aromatic carbocycles. The summed E-state index contributed by atoms with van der Waals surface area (Å²) in [4.78, 5) is 2.48. The summed E-state index contributed by atoms with van der Waals surface area (Å²) in [6.45, 7) is 13.1. The number of rotatable bonds is 6. The van der Waals surface area contributed by atoms with Gasteiger partial charge in [-0.05, 0) is 75.5 Å². The van der Waals surface area contributed by atoms with Crippen LogP contribution in [0.15, 0.2) is 55.3 Å². The van der Waals surface area contributed by atoms with E-state index in [1.54, 1.807) is 12.1 Å². The average Bonchev–Trinajstić information content (AvgIpc) is 3.00. The lowest BCUT2D eigenvalue weighted by molar-refractivity contribution is 0.151. The molecule has 0 radical (unpaired) electrons. The minimum Gasteiger partial charge on any atom is -0.399 e. The maximum absolute atomic E-state index is 13.4. The predicted molar refractivity (Wildman–Crippen MR) is 124 cm³/mol. The summed E-state index contributed by atoms with van der Waals surface area (Å²) < 4.78 is 26.7. The Balaban J connectivity index is 1.35. The number of fused-ring (bicyclic) bond motifs is 2. The number of allylic oxidation sites excluding steroid dienone is 1. The summed E-state index contributed by atoms with van der Waals surface area (Å²) in [6, 6.07) is 11.7. The van der Waals surface area contributed by atoms with Crippen LogP contribution in [0.2, 0.25) is 0 Å². The van der Waals surface area contributed by atoms with E-state index in [1.807, 2.05) is 6.07 Å². The molecule has 164 valence electrons. The van der Waals surface area contributed by atoms with Crippen LogP contribution in [-0.2, 0) is 11.8 Å². The average molecular weight is 424 g/mol. The predicted octanol–water partition coefficient (Wildman–Crippen LogP) is 5.77. The van der Waals surface area contributed by atoms with Gasteiger partial charge in [0.2, 0.25) is 0 Å². The van der Waals surface area contributed by atoms with Gasteiger partial charge in [0, 0.05) is 33.6 Å². The number of likely N-dealkylation sites (tertiary alicyclic amines) is 1. The molecule has 1 saturated heterocycles. The van der Waals surface area contributed by atoms with Gasteiger partial charge in [-0.25, -0.2) is 8.78 Å². The van der Waals surface area contributed by atoms with E-state index < -0.39 is 6.43 Å². The number of hydrogen-bond acceptors (Lipinski definition) is 3. The van der Waals surface area contributed by atoms with E-state index in [0.717, 1.165) is 56.6 Å². The van der Waals surface area contributed by atoms with Crippen LogP contribution in [0.1, 0.15) is 53.5 Å². The van der Waals surface area contributed by atoms with Gasteiger partial charge in [0.05, 0.1) is 0 Å². The molecule has 4 rings (SSSR count). The van der Waals surface area contributed by atoms with E-state index >= 15 is 0 Å². The van der Waals surface area contributed by atoms with E-state index in [-0.39, 0.29) is 16.7 Å². The lowest BCUT2D eigenvalue weighted by atomic mass is 9.72. The van der Waals surface area contributed by atoms with E-state index in [9.17, 15) is 8.78 Å². The van der Waals surface area contributed by atoms with Crippen molar-refractivity contribution < 1.29 is 8.78 Å². The molecule has 0 amide bonds. The molecule has 3 N–H and O–H groups in total. The highest BCUT2D eigenvalue weighted by molar-refractivity contribution is 5.69. The second-order valence-electron chi connectivity index (χ2n) is 8.93. The topological polar surface area (TPSA) is 41.3 Å². The Kier molecular flexibility index (Phi) is 5.89. The number of nitrogens with one attached hydrogen (secondary N) is 1. The lowest BCUT2D eigenvalue weighted by Gasteiger charge is -2.40. The fraction of sp³-hybridized carbons (Fsp3) is 0.385. The molecule has 5 heteroatoms. The largest absolute Gasteiger partial charge is 0.399 e. The van der Waals surface area contributed by atoms with Crippen molar-refractivity contribution in [3.05, 3.63) is 83.1 Å². The first kappa shape index (κ1) is 21.6. The van der Waals surface area contributed by atoms with Crippen LogP contribution in [-0.4, -0.2) is 24.5 Å². The summed E-state index contributed by atoms with van der Waals surface area (Å²) in [5.41, 5.74) is 12.1. The zero-order valence-corrected chi connectivity index (χ0v) is 18.2. The molecule has 1 spiro atoms. The third kappa shape index (κ3) is 4.11. The van der Waals surface area contributed by atoms with Gasteiger partial charge in [-0.3, -0.25) is 0 Å². The molecule has 0 saturated carbocycles. The minimum absolute atomic E-state index is 0.0221. The third-order valence-electron chi connectivity index (χ3n) is 6.90. The Morgan fingerprint density at radius 1 is 1.19 bits per heavy atom. The number of halogens is 2. The Labute approximate surface area is 183 Å². The zero-order valence-electron chi connectivity index (χ0n) is 18.2. The molecule has 0 bridgehead atoms. The van der Waals surface area contributed by atoms with Gasteiger partial charge >= 0.3 is 0 Å². The summed E-state index contributed by atoms with van der Waals surface area (Å²) in [5, 5.41) is 3.50. The van der Waals surface area contributed by atoms with Gasteiger partial charge in [-0.15, -0.1) is 0 Å². The van der Waals surface area contributed by atoms with Gasteiger partial charge in [0.1, 0.15) is 0 Å². The van der Waals surface area contributed by atoms with E-state index in [1.165, 1.54) is 16.8 Å². The maximum Gasteiger partial charge on any atom is 0.264 e. The van der Waals surface area contributed by atoms with E-state index in [2.05, 4.69) is 48.5 Å². The summed E-state index contributed by atoms with van der Waals surface area (Å²) in [5.74, 6) is 0. The first-order valence-corrected chi connectivity index (χ1v) is 11.0. The van der Waals surface area contributed by atoms with Crippen LogP contribution >= 0.6 is 0 Å². The molecule has 2 heterocycles. The molecule has 0 atom stereocenters. The quantitative estimate of drug-likeness (QED) is 0.620. The molecule has 2 aliphatic rings. The van der Waals surface area contributed by atoms with Crippen LogP contribution in [0.4, 0.5) is 14.5 Å². The Morgan fingerprint density at radius 2 is 1.94 bits per heavy atom. The fourth-order valence-corrected chi connectivity index (χ4v) is 5.08. The van der Waals surface area contributed by atoms with Crippen molar-refractivity contribution in [1.29, 1.82) is 0 Å². The monoisotopic (exact) mass is 423 g/mol. The first-order valence-electron chi connectivity index (χ1n) is 11.0. The maximum atomic E-state index is 13.4. The van der Waals surface area contributed by atoms with E-state index in [0.29, 0.717) is 5.56 Å². The smallest absolute Gasteiger partial charge is 0.264 e. The van der Waals surface area contributed by atoms with Crippen molar-refractivity contribution in [2.75, 3.05) is 25.0 Å². The van der Waals surface area contributed by atoms with Crippen LogP contribution in [0.25, 0.3) is 5.70 Å². The Bertz CT molecular complexity index is 1000. The molecule has 0 unspecified atom stereocenters. The molecule has 3 nitrogen and oxygen atoms in total. The van der Waals surface area contributed by atoms with Crippen LogP contribution in [0, 0.1) is 6.92 Å². The first-order chi connectivity index (χ1) is 14.8. The van der Waals surface area contributed by atoms with Crippen molar-refractivity contribution >= 4 is 11.4 Å².